The molecule has 0 spiro atoms. The number of nitrogens with one attached hydrogen (secondary N) is 2. The van der Waals surface area contributed by atoms with E-state index >= 15 is 0 Å². The van der Waals surface area contributed by atoms with E-state index in [4.69, 9.17) is 0 Å². The molecule has 7 heteroatoms. The number of halogens is 3. The molecule has 1 fully saturated rings. The van der Waals surface area contributed by atoms with Gasteiger partial charge < -0.3 is 11.1 Å². The number of hydrogen-bond acceptors (Lipinski definition) is 3. The van der Waals surface area contributed by atoms with Gasteiger partial charge in [0.25, 0.3) is 0 Å². The van der Waals surface area contributed by atoms with E-state index in [1.54, 1.807) is 12.3 Å². The number of nitrogens with zero attached hydrogens (tertiary/aromatic N) is 1. The van der Waals surface area contributed by atoms with Gasteiger partial charge in [-0.25, -0.2) is 0 Å². The van der Waals surface area contributed by atoms with Gasteiger partial charge in [0.05, 0.1) is 11.6 Å². The van der Waals surface area contributed by atoms with Gasteiger partial charge >= 0.3 is 6.18 Å². The highest BCUT2D eigenvalue weighted by atomic mass is 19.4. The molecule has 2 unspecified atom stereocenters. The van der Waals surface area contributed by atoms with Crippen LogP contribution in [-0.2, 0) is 0 Å². The van der Waals surface area contributed by atoms with Crippen molar-refractivity contribution in [1.29, 1.82) is 0 Å². The molecule has 2 rings (SSSR count). The Labute approximate surface area is 97.8 Å². The average Bonchev–Trinajstić information content (AvgIpc) is 2.84. The molecule has 4 N–H and O–H groups in total. The van der Waals surface area contributed by atoms with Crippen molar-refractivity contribution in [1.82, 2.24) is 15.5 Å². The lowest BCUT2D eigenvalue weighted by Crippen LogP contribution is -2.38. The lowest BCUT2D eigenvalue weighted by atomic mass is 9.90. The van der Waals surface area contributed by atoms with Gasteiger partial charge in [-0.1, -0.05) is 0 Å². The summed E-state index contributed by atoms with van der Waals surface area (Å²) in [7, 11) is 1.50. The normalized spacial score (nSPS) is 25.0. The quantitative estimate of drug-likeness (QED) is 0.709. The zero-order chi connectivity index (χ0) is 12.9. The van der Waals surface area contributed by atoms with Crippen LogP contribution in [-0.4, -0.2) is 30.0 Å². The predicted molar refractivity (Wildman–Crippen MR) is 58.2 cm³/mol. The summed E-state index contributed by atoms with van der Waals surface area (Å²) in [5.74, 6) is -1.20. The third kappa shape index (κ3) is 3.71. The number of aromatic amines is 1. The van der Waals surface area contributed by atoms with E-state index in [1.165, 1.54) is 7.05 Å². The van der Waals surface area contributed by atoms with Gasteiger partial charge in [-0.05, 0) is 32.5 Å². The highest BCUT2D eigenvalue weighted by molar-refractivity contribution is 5.06. The number of rotatable bonds is 1. The minimum absolute atomic E-state index is 0.0890. The Bertz CT molecular complexity index is 310. The lowest BCUT2D eigenvalue weighted by molar-refractivity contribution is -0.183. The Balaban J connectivity index is 0.000000686. The highest BCUT2D eigenvalue weighted by Crippen LogP contribution is 2.37. The van der Waals surface area contributed by atoms with Gasteiger partial charge in [0, 0.05) is 12.2 Å². The van der Waals surface area contributed by atoms with Crippen LogP contribution in [0.2, 0.25) is 0 Å². The molecular weight excluding hydrogens is 233 g/mol. The highest BCUT2D eigenvalue weighted by Gasteiger charge is 2.42. The summed E-state index contributed by atoms with van der Waals surface area (Å²) in [6, 6.07) is 1.45. The predicted octanol–water partition coefficient (Wildman–Crippen LogP) is 1.59. The van der Waals surface area contributed by atoms with Crippen molar-refractivity contribution in [2.45, 2.75) is 25.1 Å². The van der Waals surface area contributed by atoms with Crippen LogP contribution >= 0.6 is 0 Å². The second-order valence-corrected chi connectivity index (χ2v) is 3.78. The molecule has 98 valence electrons. The van der Waals surface area contributed by atoms with Gasteiger partial charge in [0.2, 0.25) is 0 Å². The monoisotopic (exact) mass is 250 g/mol. The maximum absolute atomic E-state index is 12.5. The van der Waals surface area contributed by atoms with Crippen LogP contribution in [0.5, 0.6) is 0 Å². The first-order valence-corrected chi connectivity index (χ1v) is 5.44. The first-order chi connectivity index (χ1) is 8.07. The van der Waals surface area contributed by atoms with Gasteiger partial charge in [-0.3, -0.25) is 5.10 Å². The number of aromatic nitrogens is 2. The Hall–Kier alpha value is -1.08. The minimum Gasteiger partial charge on any atom is -0.333 e. The van der Waals surface area contributed by atoms with Crippen molar-refractivity contribution in [2.24, 2.45) is 11.7 Å². The van der Waals surface area contributed by atoms with Crippen molar-refractivity contribution in [3.63, 3.8) is 0 Å². The van der Waals surface area contributed by atoms with Gasteiger partial charge in [0.1, 0.15) is 0 Å². The molecule has 2 heterocycles. The molecule has 1 saturated heterocycles. The van der Waals surface area contributed by atoms with Crippen LogP contribution in [0.1, 0.15) is 24.6 Å². The van der Waals surface area contributed by atoms with E-state index in [1.807, 2.05) is 0 Å². The van der Waals surface area contributed by atoms with Gasteiger partial charge in [-0.2, -0.15) is 18.3 Å². The molecular formula is C10H17F3N4. The maximum Gasteiger partial charge on any atom is 0.391 e. The standard InChI is InChI=1S/C9H12F3N3.CH5N/c10-9(11,12)6-1-3-13-8(5-6)7-2-4-14-15-7;1-2/h2,4,6,8,13H,1,3,5H2,(H,14,15);2H2,1H3. The maximum atomic E-state index is 12.5. The van der Waals surface area contributed by atoms with E-state index in [2.05, 4.69) is 21.2 Å². The van der Waals surface area contributed by atoms with Gasteiger partial charge in [0.15, 0.2) is 0 Å². The molecule has 0 aliphatic carbocycles. The van der Waals surface area contributed by atoms with Gasteiger partial charge in [-0.15, -0.1) is 0 Å². The third-order valence-corrected chi connectivity index (χ3v) is 2.76. The van der Waals surface area contributed by atoms with Crippen molar-refractivity contribution in [3.05, 3.63) is 18.0 Å². The van der Waals surface area contributed by atoms with E-state index in [9.17, 15) is 13.2 Å². The van der Waals surface area contributed by atoms with E-state index in [0.717, 1.165) is 5.69 Å². The summed E-state index contributed by atoms with van der Waals surface area (Å²) in [6.07, 6.45) is -2.28. The SMILES string of the molecule is CN.FC(F)(F)C1CCNC(c2ccn[nH]2)C1. The number of alkyl halides is 3. The van der Waals surface area contributed by atoms with Crippen molar-refractivity contribution in [2.75, 3.05) is 13.6 Å². The molecule has 0 amide bonds. The fourth-order valence-corrected chi connectivity index (χ4v) is 1.91. The Kier molecular flexibility index (Phi) is 4.95. The number of hydrogen-bond donors (Lipinski definition) is 3. The Morgan fingerprint density at radius 2 is 2.12 bits per heavy atom. The number of nitrogens with two attached hydrogens (primary N) is 1. The second-order valence-electron chi connectivity index (χ2n) is 3.78. The zero-order valence-electron chi connectivity index (χ0n) is 9.59. The van der Waals surface area contributed by atoms with E-state index < -0.39 is 12.1 Å². The topological polar surface area (TPSA) is 66.7 Å². The van der Waals surface area contributed by atoms with Crippen LogP contribution in [0.4, 0.5) is 13.2 Å². The summed E-state index contributed by atoms with van der Waals surface area (Å²) in [5, 5.41) is 9.49. The number of H-pyrrole nitrogens is 1. The zero-order valence-corrected chi connectivity index (χ0v) is 9.59. The lowest BCUT2D eigenvalue weighted by Gasteiger charge is -2.30. The fourth-order valence-electron chi connectivity index (χ4n) is 1.91. The van der Waals surface area contributed by atoms with Crippen molar-refractivity contribution in [3.8, 4) is 0 Å². The second kappa shape index (κ2) is 6.02. The molecule has 1 aliphatic rings. The summed E-state index contributed by atoms with van der Waals surface area (Å²) >= 11 is 0. The molecule has 1 aromatic rings. The van der Waals surface area contributed by atoms with Crippen LogP contribution in [0, 0.1) is 5.92 Å². The summed E-state index contributed by atoms with van der Waals surface area (Å²) in [6.45, 7) is 0.397. The largest absolute Gasteiger partial charge is 0.391 e. The number of piperidine rings is 1. The van der Waals surface area contributed by atoms with Crippen LogP contribution in [0.15, 0.2) is 12.3 Å². The van der Waals surface area contributed by atoms with Crippen molar-refractivity contribution >= 4 is 0 Å². The van der Waals surface area contributed by atoms with Crippen LogP contribution in [0.25, 0.3) is 0 Å². The summed E-state index contributed by atoms with van der Waals surface area (Å²) in [4.78, 5) is 0. The van der Waals surface area contributed by atoms with E-state index in [-0.39, 0.29) is 18.9 Å². The molecule has 1 aromatic heterocycles. The molecule has 0 saturated carbocycles. The molecule has 1 aliphatic heterocycles. The molecule has 0 radical (unpaired) electrons. The minimum atomic E-state index is -4.08. The Morgan fingerprint density at radius 3 is 2.65 bits per heavy atom. The smallest absolute Gasteiger partial charge is 0.333 e. The molecule has 17 heavy (non-hydrogen) atoms. The first-order valence-electron chi connectivity index (χ1n) is 5.44. The molecule has 4 nitrogen and oxygen atoms in total. The van der Waals surface area contributed by atoms with Crippen molar-refractivity contribution < 1.29 is 13.2 Å². The summed E-state index contributed by atoms with van der Waals surface area (Å²) in [5.41, 5.74) is 5.23. The van der Waals surface area contributed by atoms with Crippen LogP contribution in [0.3, 0.4) is 0 Å². The van der Waals surface area contributed by atoms with Crippen LogP contribution < -0.4 is 11.1 Å². The molecule has 0 aromatic carbocycles. The van der Waals surface area contributed by atoms with E-state index in [0.29, 0.717) is 6.54 Å². The summed E-state index contributed by atoms with van der Waals surface area (Å²) < 4.78 is 37.5. The first kappa shape index (κ1) is 14.0. The fraction of sp³-hybridized carbons (Fsp3) is 0.700. The third-order valence-electron chi connectivity index (χ3n) is 2.76. The molecule has 0 bridgehead atoms. The Morgan fingerprint density at radius 1 is 1.41 bits per heavy atom. The average molecular weight is 250 g/mol. The molecule has 2 atom stereocenters.